The van der Waals surface area contributed by atoms with Crippen LogP contribution >= 0.6 is 0 Å². The molecule has 2 atom stereocenters. The Morgan fingerprint density at radius 2 is 1.51 bits per heavy atom. The fraction of sp³-hybridized carbons (Fsp3) is 0.207. The highest BCUT2D eigenvalue weighted by atomic mass is 16.6. The minimum atomic E-state index is -0.427. The summed E-state index contributed by atoms with van der Waals surface area (Å²) in [7, 11) is 3.15. The quantitative estimate of drug-likeness (QED) is 0.297. The zero-order valence-corrected chi connectivity index (χ0v) is 19.9. The molecule has 1 aromatic heterocycles. The predicted octanol–water partition coefficient (Wildman–Crippen LogP) is 7.13. The molecular formula is C29H27NO5. The van der Waals surface area contributed by atoms with Crippen LogP contribution in [0.1, 0.15) is 35.4 Å². The molecule has 0 spiro atoms. The van der Waals surface area contributed by atoms with Crippen molar-refractivity contribution in [2.75, 3.05) is 19.5 Å². The Bertz CT molecular complexity index is 1300. The molecule has 2 unspecified atom stereocenters. The molecule has 35 heavy (non-hydrogen) atoms. The molecule has 5 rings (SSSR count). The summed E-state index contributed by atoms with van der Waals surface area (Å²) in [5.41, 5.74) is 3.83. The van der Waals surface area contributed by atoms with Gasteiger partial charge in [-0.3, -0.25) is 4.79 Å². The number of amides is 1. The van der Waals surface area contributed by atoms with E-state index >= 15 is 0 Å². The van der Waals surface area contributed by atoms with Gasteiger partial charge >= 0.3 is 0 Å². The number of rotatable bonds is 8. The average molecular weight is 470 g/mol. The molecule has 3 aromatic carbocycles. The van der Waals surface area contributed by atoms with Gasteiger partial charge in [-0.25, -0.2) is 0 Å². The number of ether oxygens (including phenoxy) is 3. The zero-order chi connectivity index (χ0) is 24.4. The van der Waals surface area contributed by atoms with Crippen LogP contribution in [0, 0.1) is 5.92 Å². The van der Waals surface area contributed by atoms with Crippen molar-refractivity contribution >= 4 is 11.6 Å². The summed E-state index contributed by atoms with van der Waals surface area (Å²) in [6.45, 7) is 2.22. The van der Waals surface area contributed by atoms with E-state index in [1.54, 1.807) is 26.4 Å². The van der Waals surface area contributed by atoms with Crippen molar-refractivity contribution in [2.24, 2.45) is 5.92 Å². The number of carbonyl (C=O) groups is 1. The van der Waals surface area contributed by atoms with Crippen LogP contribution in [0.5, 0.6) is 23.2 Å². The highest BCUT2D eigenvalue weighted by Gasteiger charge is 2.35. The zero-order valence-electron chi connectivity index (χ0n) is 19.9. The van der Waals surface area contributed by atoms with Gasteiger partial charge in [-0.1, -0.05) is 49.4 Å². The third-order valence-corrected chi connectivity index (χ3v) is 6.29. The Kier molecular flexibility index (Phi) is 6.19. The SMILES string of the molecule is COc1cc(C2CC2C)cc(OC)c1NC(=O)c1ccc(Oc2ccc(-c3ccccc3)cc2)o1. The lowest BCUT2D eigenvalue weighted by Crippen LogP contribution is -2.13. The molecule has 1 N–H and O–H groups in total. The van der Waals surface area contributed by atoms with Crippen LogP contribution in [0.25, 0.3) is 11.1 Å². The van der Waals surface area contributed by atoms with Gasteiger partial charge in [0.1, 0.15) is 22.9 Å². The third kappa shape index (κ3) is 4.87. The molecule has 6 heteroatoms. The molecule has 1 fully saturated rings. The van der Waals surface area contributed by atoms with E-state index in [4.69, 9.17) is 18.6 Å². The van der Waals surface area contributed by atoms with Crippen LogP contribution < -0.4 is 19.5 Å². The van der Waals surface area contributed by atoms with Gasteiger partial charge in [0.25, 0.3) is 11.9 Å². The summed E-state index contributed by atoms with van der Waals surface area (Å²) in [6.07, 6.45) is 1.14. The van der Waals surface area contributed by atoms with Gasteiger partial charge < -0.3 is 23.9 Å². The van der Waals surface area contributed by atoms with Crippen LogP contribution in [-0.4, -0.2) is 20.1 Å². The number of carbonyl (C=O) groups excluding carboxylic acids is 1. The fourth-order valence-electron chi connectivity index (χ4n) is 4.19. The van der Waals surface area contributed by atoms with Crippen molar-refractivity contribution in [1.82, 2.24) is 0 Å². The van der Waals surface area contributed by atoms with Gasteiger partial charge in [0.2, 0.25) is 0 Å². The van der Waals surface area contributed by atoms with Crippen molar-refractivity contribution < 1.29 is 23.4 Å². The summed E-state index contributed by atoms with van der Waals surface area (Å²) < 4.78 is 22.6. The molecule has 178 valence electrons. The minimum Gasteiger partial charge on any atom is -0.494 e. The Balaban J connectivity index is 1.29. The molecule has 1 heterocycles. The second-order valence-electron chi connectivity index (χ2n) is 8.69. The summed E-state index contributed by atoms with van der Waals surface area (Å²) in [5, 5.41) is 2.86. The van der Waals surface area contributed by atoms with Gasteiger partial charge in [-0.05, 0) is 65.3 Å². The number of anilines is 1. The Morgan fingerprint density at radius 3 is 2.11 bits per heavy atom. The van der Waals surface area contributed by atoms with E-state index < -0.39 is 5.91 Å². The van der Waals surface area contributed by atoms with Crippen molar-refractivity contribution in [1.29, 1.82) is 0 Å². The van der Waals surface area contributed by atoms with Gasteiger partial charge in [0.15, 0.2) is 5.76 Å². The predicted molar refractivity (Wildman–Crippen MR) is 135 cm³/mol. The van der Waals surface area contributed by atoms with Gasteiger partial charge in [-0.2, -0.15) is 0 Å². The largest absolute Gasteiger partial charge is 0.494 e. The molecule has 1 amide bonds. The van der Waals surface area contributed by atoms with Crippen LogP contribution in [0.4, 0.5) is 5.69 Å². The number of methoxy groups -OCH3 is 2. The Hall–Kier alpha value is -4.19. The third-order valence-electron chi connectivity index (χ3n) is 6.29. The van der Waals surface area contributed by atoms with Crippen LogP contribution in [0.15, 0.2) is 83.3 Å². The lowest BCUT2D eigenvalue weighted by Gasteiger charge is -2.16. The summed E-state index contributed by atoms with van der Waals surface area (Å²) >= 11 is 0. The first-order valence-corrected chi connectivity index (χ1v) is 11.6. The highest BCUT2D eigenvalue weighted by Crippen LogP contribution is 2.50. The number of hydrogen-bond acceptors (Lipinski definition) is 5. The van der Waals surface area contributed by atoms with Crippen LogP contribution in [0.2, 0.25) is 0 Å². The number of benzene rings is 3. The molecule has 1 saturated carbocycles. The number of hydrogen-bond donors (Lipinski definition) is 1. The monoisotopic (exact) mass is 469 g/mol. The summed E-state index contributed by atoms with van der Waals surface area (Å²) in [6, 6.07) is 24.9. The van der Waals surface area contributed by atoms with Crippen LogP contribution in [0.3, 0.4) is 0 Å². The van der Waals surface area contributed by atoms with Crippen LogP contribution in [-0.2, 0) is 0 Å². The van der Waals surface area contributed by atoms with E-state index in [0.717, 1.165) is 23.1 Å². The lowest BCUT2D eigenvalue weighted by molar-refractivity contribution is 0.0991. The Labute approximate surface area is 204 Å². The molecular weight excluding hydrogens is 442 g/mol. The van der Waals surface area contributed by atoms with E-state index in [-0.39, 0.29) is 11.7 Å². The molecule has 6 nitrogen and oxygen atoms in total. The van der Waals surface area contributed by atoms with Crippen molar-refractivity contribution in [2.45, 2.75) is 19.3 Å². The average Bonchev–Trinajstić information content (AvgIpc) is 3.44. The smallest absolute Gasteiger partial charge is 0.291 e. The lowest BCUT2D eigenvalue weighted by atomic mass is 10.1. The minimum absolute atomic E-state index is 0.116. The normalized spacial score (nSPS) is 16.4. The number of nitrogens with one attached hydrogen (secondary N) is 1. The van der Waals surface area contributed by atoms with E-state index in [1.807, 2.05) is 54.6 Å². The second-order valence-corrected chi connectivity index (χ2v) is 8.69. The molecule has 1 aliphatic rings. The molecule has 4 aromatic rings. The van der Waals surface area contributed by atoms with Crippen molar-refractivity contribution in [3.8, 4) is 34.3 Å². The van der Waals surface area contributed by atoms with E-state index in [9.17, 15) is 4.79 Å². The summed E-state index contributed by atoms with van der Waals surface area (Å²) in [4.78, 5) is 12.9. The first-order valence-electron chi connectivity index (χ1n) is 11.6. The maximum absolute atomic E-state index is 12.9. The summed E-state index contributed by atoms with van der Waals surface area (Å²) in [5.74, 6) is 2.75. The van der Waals surface area contributed by atoms with E-state index in [1.165, 1.54) is 0 Å². The van der Waals surface area contributed by atoms with Gasteiger partial charge in [-0.15, -0.1) is 0 Å². The van der Waals surface area contributed by atoms with Crippen molar-refractivity contribution in [3.05, 3.63) is 90.2 Å². The molecule has 0 radical (unpaired) electrons. The van der Waals surface area contributed by atoms with E-state index in [2.05, 4.69) is 24.4 Å². The topological polar surface area (TPSA) is 69.9 Å². The number of furan rings is 1. The first kappa shape index (κ1) is 22.6. The highest BCUT2D eigenvalue weighted by molar-refractivity contribution is 6.04. The molecule has 0 saturated heterocycles. The molecule has 1 aliphatic carbocycles. The maximum Gasteiger partial charge on any atom is 0.291 e. The Morgan fingerprint density at radius 1 is 0.886 bits per heavy atom. The molecule has 0 bridgehead atoms. The standard InChI is InChI=1S/C29H27NO5/c1-18-15-23(18)21-16-25(32-2)28(26(17-21)33-3)30-29(31)24-13-14-27(35-24)34-22-11-9-20(10-12-22)19-7-5-4-6-8-19/h4-14,16-18,23H,15H2,1-3H3,(H,30,31). The first-order chi connectivity index (χ1) is 17.1. The van der Waals surface area contributed by atoms with Gasteiger partial charge in [0, 0.05) is 6.07 Å². The van der Waals surface area contributed by atoms with Crippen molar-refractivity contribution in [3.63, 3.8) is 0 Å². The fourth-order valence-corrected chi connectivity index (χ4v) is 4.19. The van der Waals surface area contributed by atoms with Gasteiger partial charge in [0.05, 0.1) is 14.2 Å². The van der Waals surface area contributed by atoms with E-state index in [0.29, 0.717) is 34.8 Å². The molecule has 0 aliphatic heterocycles. The maximum atomic E-state index is 12.9. The second kappa shape index (κ2) is 9.58.